The lowest BCUT2D eigenvalue weighted by molar-refractivity contribution is 0.493. The summed E-state index contributed by atoms with van der Waals surface area (Å²) in [6, 6.07) is 0. The van der Waals surface area contributed by atoms with Crippen LogP contribution in [0.3, 0.4) is 0 Å². The Morgan fingerprint density at radius 3 is 2.75 bits per heavy atom. The van der Waals surface area contributed by atoms with Gasteiger partial charge in [0.05, 0.1) is 0 Å². The molecule has 1 rings (SSSR count). The first-order chi connectivity index (χ1) is 5.83. The SMILES string of the molecule is CCCCCCC1CCB(Br)C1. The van der Waals surface area contributed by atoms with Crippen molar-refractivity contribution < 1.29 is 0 Å². The molecule has 1 aliphatic heterocycles. The van der Waals surface area contributed by atoms with E-state index in [4.69, 9.17) is 0 Å². The van der Waals surface area contributed by atoms with Crippen molar-refractivity contribution in [1.82, 2.24) is 0 Å². The number of rotatable bonds is 5. The van der Waals surface area contributed by atoms with Gasteiger partial charge in [0.25, 0.3) is 0 Å². The third kappa shape index (κ3) is 3.98. The molecule has 0 amide bonds. The molecule has 1 fully saturated rings. The average molecular weight is 231 g/mol. The predicted molar refractivity (Wildman–Crippen MR) is 61.2 cm³/mol. The standard InChI is InChI=1S/C10H20BBr/c1-2-3-4-5-6-10-7-8-11(12)9-10/h10H,2-9H2,1H3. The molecule has 12 heavy (non-hydrogen) atoms. The molecule has 1 atom stereocenters. The second-order valence-electron chi connectivity index (χ2n) is 4.13. The maximum atomic E-state index is 3.70. The number of unbranched alkanes of at least 4 members (excludes halogenated alkanes) is 3. The Morgan fingerprint density at radius 1 is 1.33 bits per heavy atom. The molecule has 0 N–H and O–H groups in total. The molecule has 0 aromatic carbocycles. The third-order valence-corrected chi connectivity index (χ3v) is 3.77. The van der Waals surface area contributed by atoms with Gasteiger partial charge in [-0.3, -0.25) is 0 Å². The predicted octanol–water partition coefficient (Wildman–Crippen LogP) is 4.36. The molecule has 0 aliphatic carbocycles. The van der Waals surface area contributed by atoms with E-state index < -0.39 is 0 Å². The van der Waals surface area contributed by atoms with E-state index in [9.17, 15) is 0 Å². The fourth-order valence-electron chi connectivity index (χ4n) is 2.14. The zero-order valence-corrected chi connectivity index (χ0v) is 9.78. The van der Waals surface area contributed by atoms with Gasteiger partial charge in [-0.1, -0.05) is 58.1 Å². The van der Waals surface area contributed by atoms with Crippen LogP contribution in [0.5, 0.6) is 0 Å². The van der Waals surface area contributed by atoms with Crippen LogP contribution >= 0.6 is 15.8 Å². The van der Waals surface area contributed by atoms with Gasteiger partial charge in [-0.25, -0.2) is 0 Å². The van der Waals surface area contributed by atoms with Crippen molar-refractivity contribution in [3.63, 3.8) is 0 Å². The van der Waals surface area contributed by atoms with E-state index in [1.54, 1.807) is 0 Å². The summed E-state index contributed by atoms with van der Waals surface area (Å²) in [5.41, 5.74) is 0.841. The highest BCUT2D eigenvalue weighted by Crippen LogP contribution is 2.33. The first kappa shape index (κ1) is 10.6. The van der Waals surface area contributed by atoms with Crippen LogP contribution in [0.2, 0.25) is 12.6 Å². The molecule has 1 heterocycles. The second-order valence-corrected chi connectivity index (χ2v) is 5.42. The topological polar surface area (TPSA) is 0 Å². The fourth-order valence-corrected chi connectivity index (χ4v) is 2.93. The molecular formula is C10H20BBr. The highest BCUT2D eigenvalue weighted by Gasteiger charge is 2.24. The molecule has 0 nitrogen and oxygen atoms in total. The van der Waals surface area contributed by atoms with E-state index in [0.717, 1.165) is 11.5 Å². The van der Waals surface area contributed by atoms with Gasteiger partial charge in [0.15, 0.2) is 0 Å². The smallest absolute Gasteiger partial charge is 0.157 e. The average Bonchev–Trinajstić information content (AvgIpc) is 2.45. The normalized spacial score (nSPS) is 23.5. The van der Waals surface area contributed by atoms with Crippen molar-refractivity contribution in [3.8, 4) is 0 Å². The van der Waals surface area contributed by atoms with E-state index in [1.165, 1.54) is 51.2 Å². The van der Waals surface area contributed by atoms with Crippen LogP contribution in [0.25, 0.3) is 0 Å². The van der Waals surface area contributed by atoms with Crippen molar-refractivity contribution in [2.75, 3.05) is 0 Å². The molecule has 0 aromatic heterocycles. The van der Waals surface area contributed by atoms with Crippen LogP contribution in [-0.2, 0) is 0 Å². The van der Waals surface area contributed by atoms with Gasteiger partial charge in [-0.05, 0) is 5.92 Å². The summed E-state index contributed by atoms with van der Waals surface area (Å²) in [4.78, 5) is 0. The van der Waals surface area contributed by atoms with Gasteiger partial charge >= 0.3 is 0 Å². The van der Waals surface area contributed by atoms with E-state index in [-0.39, 0.29) is 0 Å². The Hall–Kier alpha value is 0.545. The van der Waals surface area contributed by atoms with Gasteiger partial charge in [-0.15, -0.1) is 0 Å². The van der Waals surface area contributed by atoms with E-state index >= 15 is 0 Å². The van der Waals surface area contributed by atoms with Crippen LogP contribution in [0.4, 0.5) is 0 Å². The van der Waals surface area contributed by atoms with Crippen molar-refractivity contribution in [3.05, 3.63) is 0 Å². The van der Waals surface area contributed by atoms with Crippen molar-refractivity contribution in [2.45, 2.75) is 58.1 Å². The maximum absolute atomic E-state index is 3.70. The zero-order valence-electron chi connectivity index (χ0n) is 8.19. The monoisotopic (exact) mass is 230 g/mol. The van der Waals surface area contributed by atoms with Gasteiger partial charge in [-0.2, -0.15) is 15.8 Å². The Balaban J connectivity index is 1.93. The van der Waals surface area contributed by atoms with Gasteiger partial charge in [0.1, 0.15) is 0 Å². The van der Waals surface area contributed by atoms with Gasteiger partial charge in [0.2, 0.25) is 5.54 Å². The molecule has 2 heteroatoms. The number of hydrogen-bond acceptors (Lipinski definition) is 0. The van der Waals surface area contributed by atoms with Crippen molar-refractivity contribution in [2.24, 2.45) is 5.92 Å². The first-order valence-electron chi connectivity index (χ1n) is 5.47. The zero-order chi connectivity index (χ0) is 8.81. The summed E-state index contributed by atoms with van der Waals surface area (Å²) >= 11 is 3.70. The van der Waals surface area contributed by atoms with Gasteiger partial charge < -0.3 is 0 Å². The lowest BCUT2D eigenvalue weighted by atomic mass is 9.75. The van der Waals surface area contributed by atoms with E-state index in [1.807, 2.05) is 0 Å². The largest absolute Gasteiger partial charge is 0.223 e. The highest BCUT2D eigenvalue weighted by atomic mass is 79.9. The first-order valence-corrected chi connectivity index (χ1v) is 6.38. The van der Waals surface area contributed by atoms with Gasteiger partial charge in [0, 0.05) is 0 Å². The summed E-state index contributed by atoms with van der Waals surface area (Å²) in [5, 5.41) is 0. The lowest BCUT2D eigenvalue weighted by Crippen LogP contribution is -1.96. The molecule has 0 radical (unpaired) electrons. The summed E-state index contributed by atoms with van der Waals surface area (Å²) in [7, 11) is 0. The molecule has 1 saturated heterocycles. The van der Waals surface area contributed by atoms with Crippen molar-refractivity contribution >= 4 is 21.3 Å². The second kappa shape index (κ2) is 6.07. The van der Waals surface area contributed by atoms with Crippen LogP contribution in [-0.4, -0.2) is 5.54 Å². The third-order valence-electron chi connectivity index (χ3n) is 2.94. The minimum atomic E-state index is 0.841. The Morgan fingerprint density at radius 2 is 2.17 bits per heavy atom. The molecule has 0 aromatic rings. The van der Waals surface area contributed by atoms with Crippen LogP contribution < -0.4 is 0 Å². The highest BCUT2D eigenvalue weighted by molar-refractivity contribution is 9.24. The van der Waals surface area contributed by atoms with Crippen LogP contribution in [0.1, 0.15) is 45.4 Å². The summed E-state index contributed by atoms with van der Waals surface area (Å²) in [6.07, 6.45) is 11.5. The van der Waals surface area contributed by atoms with Crippen LogP contribution in [0.15, 0.2) is 0 Å². The Bertz CT molecular complexity index is 116. The summed E-state index contributed by atoms with van der Waals surface area (Å²) < 4.78 is 0. The Kier molecular flexibility index (Phi) is 5.37. The summed E-state index contributed by atoms with van der Waals surface area (Å²) in [6.45, 7) is 2.28. The fraction of sp³-hybridized carbons (Fsp3) is 1.00. The van der Waals surface area contributed by atoms with Crippen molar-refractivity contribution in [1.29, 1.82) is 0 Å². The number of halogens is 1. The molecular weight excluding hydrogens is 211 g/mol. The Labute approximate surface area is 85.6 Å². The molecule has 0 spiro atoms. The minimum Gasteiger partial charge on any atom is -0.157 e. The van der Waals surface area contributed by atoms with Crippen LogP contribution in [0, 0.1) is 5.92 Å². The summed E-state index contributed by atoms with van der Waals surface area (Å²) in [5.74, 6) is 1.05. The van der Waals surface area contributed by atoms with E-state index in [2.05, 4.69) is 22.7 Å². The molecule has 0 saturated carbocycles. The maximum Gasteiger partial charge on any atom is 0.223 e. The minimum absolute atomic E-state index is 0.841. The van der Waals surface area contributed by atoms with E-state index in [0.29, 0.717) is 0 Å². The quantitative estimate of drug-likeness (QED) is 0.487. The molecule has 0 bridgehead atoms. The molecule has 70 valence electrons. The number of hydrogen-bond donors (Lipinski definition) is 0. The molecule has 1 aliphatic rings. The lowest BCUT2D eigenvalue weighted by Gasteiger charge is -2.07. The molecule has 1 unspecified atom stereocenters.